The Morgan fingerprint density at radius 2 is 1.88 bits per heavy atom. The molecule has 0 bridgehead atoms. The summed E-state index contributed by atoms with van der Waals surface area (Å²) in [4.78, 5) is 24.6. The van der Waals surface area contributed by atoms with Crippen LogP contribution in [-0.4, -0.2) is 55.1 Å². The van der Waals surface area contributed by atoms with Gasteiger partial charge in [0.1, 0.15) is 18.0 Å². The molecule has 2 aromatic rings. The number of nitrogens with zero attached hydrogens (tertiary/aromatic N) is 1. The lowest BCUT2D eigenvalue weighted by Crippen LogP contribution is -2.50. The fourth-order valence-electron chi connectivity index (χ4n) is 4.07. The largest absolute Gasteiger partial charge is 0.522 e. The molecule has 12 heteroatoms. The average molecular weight is 504 g/mol. The number of carbonyl (C=O) groups is 2. The van der Waals surface area contributed by atoms with Crippen LogP contribution < -0.4 is 10.7 Å². The maximum absolute atomic E-state index is 12.5. The molecular weight excluding hydrogens is 479 g/mol. The Kier molecular flexibility index (Phi) is 7.66. The van der Waals surface area contributed by atoms with Gasteiger partial charge in [-0.3, -0.25) is 19.8 Å². The first-order chi connectivity index (χ1) is 16.1. The highest BCUT2D eigenvalue weighted by Gasteiger charge is 2.40. The van der Waals surface area contributed by atoms with Gasteiger partial charge in [0.15, 0.2) is 0 Å². The molecule has 2 amide bonds. The molecule has 2 fully saturated rings. The highest BCUT2D eigenvalue weighted by molar-refractivity contribution is 6.31. The summed E-state index contributed by atoms with van der Waals surface area (Å²) < 4.78 is 51.3. The molecule has 1 aliphatic carbocycles. The van der Waals surface area contributed by atoms with Crippen LogP contribution in [-0.2, 0) is 25.6 Å². The van der Waals surface area contributed by atoms with Gasteiger partial charge in [0, 0.05) is 42.3 Å². The van der Waals surface area contributed by atoms with E-state index < -0.39 is 18.6 Å². The second kappa shape index (κ2) is 10.5. The number of furan rings is 1. The Bertz CT molecular complexity index is 1020. The number of nitrogens with one attached hydrogen (secondary N) is 2. The van der Waals surface area contributed by atoms with E-state index in [-0.39, 0.29) is 43.7 Å². The van der Waals surface area contributed by atoms with Crippen LogP contribution in [0.3, 0.4) is 0 Å². The maximum Gasteiger partial charge on any atom is 0.522 e. The molecule has 1 saturated heterocycles. The van der Waals surface area contributed by atoms with Crippen LogP contribution >= 0.6 is 11.6 Å². The van der Waals surface area contributed by atoms with Gasteiger partial charge in [0.25, 0.3) is 5.91 Å². The van der Waals surface area contributed by atoms with Crippen molar-refractivity contribution >= 4 is 34.4 Å². The first kappa shape index (κ1) is 24.8. The van der Waals surface area contributed by atoms with E-state index in [1.807, 2.05) is 6.07 Å². The van der Waals surface area contributed by atoms with Crippen LogP contribution in [0.4, 0.5) is 13.2 Å². The van der Waals surface area contributed by atoms with Gasteiger partial charge < -0.3 is 14.5 Å². The third-order valence-corrected chi connectivity index (χ3v) is 6.15. The SMILES string of the molecule is O=C(CO[C@H]1C[C@@H](OC(F)(F)F)C1)NN1CCC(C(=O)NCc2cc3cc(Cl)ccc3o2)CC1. The summed E-state index contributed by atoms with van der Waals surface area (Å²) in [5.41, 5.74) is 3.41. The highest BCUT2D eigenvalue weighted by atomic mass is 35.5. The van der Waals surface area contributed by atoms with E-state index >= 15 is 0 Å². The quantitative estimate of drug-likeness (QED) is 0.572. The third kappa shape index (κ3) is 6.84. The molecule has 0 radical (unpaired) electrons. The summed E-state index contributed by atoms with van der Waals surface area (Å²) in [6, 6.07) is 7.16. The number of hydrogen-bond donors (Lipinski definition) is 2. The molecule has 0 atom stereocenters. The summed E-state index contributed by atoms with van der Waals surface area (Å²) in [6.45, 7) is 1.03. The lowest BCUT2D eigenvalue weighted by molar-refractivity contribution is -0.357. The smallest absolute Gasteiger partial charge is 0.459 e. The van der Waals surface area contributed by atoms with Crippen molar-refractivity contribution in [1.82, 2.24) is 15.8 Å². The van der Waals surface area contributed by atoms with Crippen molar-refractivity contribution in [3.63, 3.8) is 0 Å². The van der Waals surface area contributed by atoms with Gasteiger partial charge >= 0.3 is 6.36 Å². The van der Waals surface area contributed by atoms with Crippen molar-refractivity contribution < 1.29 is 36.7 Å². The monoisotopic (exact) mass is 503 g/mol. The van der Waals surface area contributed by atoms with E-state index in [1.54, 1.807) is 23.2 Å². The van der Waals surface area contributed by atoms with Gasteiger partial charge in [-0.1, -0.05) is 11.6 Å². The molecule has 2 heterocycles. The Morgan fingerprint density at radius 3 is 2.59 bits per heavy atom. The number of alkyl halides is 3. The number of rotatable bonds is 8. The lowest BCUT2D eigenvalue weighted by atomic mass is 9.92. The molecule has 8 nitrogen and oxygen atoms in total. The minimum Gasteiger partial charge on any atom is -0.459 e. The van der Waals surface area contributed by atoms with Crippen molar-refractivity contribution in [2.75, 3.05) is 19.7 Å². The van der Waals surface area contributed by atoms with Crippen LogP contribution in [0.15, 0.2) is 28.7 Å². The van der Waals surface area contributed by atoms with Crippen molar-refractivity contribution in [1.29, 1.82) is 0 Å². The average Bonchev–Trinajstić information content (AvgIpc) is 3.15. The van der Waals surface area contributed by atoms with E-state index in [4.69, 9.17) is 20.8 Å². The molecule has 1 aromatic heterocycles. The molecule has 2 aliphatic rings. The molecule has 0 spiro atoms. The van der Waals surface area contributed by atoms with E-state index in [0.717, 1.165) is 5.39 Å². The number of carbonyl (C=O) groups excluding carboxylic acids is 2. The van der Waals surface area contributed by atoms with E-state index in [1.165, 1.54) is 0 Å². The summed E-state index contributed by atoms with van der Waals surface area (Å²) >= 11 is 5.98. The van der Waals surface area contributed by atoms with Gasteiger partial charge in [-0.05, 0) is 37.1 Å². The minimum absolute atomic E-state index is 0.0755. The topological polar surface area (TPSA) is 93.0 Å². The van der Waals surface area contributed by atoms with E-state index in [9.17, 15) is 22.8 Å². The highest BCUT2D eigenvalue weighted by Crippen LogP contribution is 2.32. The zero-order valence-electron chi connectivity index (χ0n) is 18.2. The molecule has 1 aromatic carbocycles. The Balaban J connectivity index is 1.11. The van der Waals surface area contributed by atoms with Crippen molar-refractivity contribution in [3.8, 4) is 0 Å². The Labute approximate surface area is 198 Å². The predicted octanol–water partition coefficient (Wildman–Crippen LogP) is 3.53. The first-order valence-electron chi connectivity index (χ1n) is 11.0. The minimum atomic E-state index is -4.65. The van der Waals surface area contributed by atoms with E-state index in [0.29, 0.717) is 42.3 Å². The molecule has 1 saturated carbocycles. The van der Waals surface area contributed by atoms with Gasteiger partial charge in [0.05, 0.1) is 18.8 Å². The maximum atomic E-state index is 12.5. The summed E-state index contributed by atoms with van der Waals surface area (Å²) in [6.07, 6.45) is -4.63. The molecular formula is C22H25ClF3N3O5. The molecule has 0 unspecified atom stereocenters. The summed E-state index contributed by atoms with van der Waals surface area (Å²) in [5.74, 6) is 0.00308. The zero-order valence-corrected chi connectivity index (χ0v) is 19.0. The van der Waals surface area contributed by atoms with Crippen molar-refractivity contribution in [2.45, 2.75) is 50.8 Å². The second-order valence-corrected chi connectivity index (χ2v) is 8.94. The molecule has 34 heavy (non-hydrogen) atoms. The number of benzene rings is 1. The first-order valence-corrected chi connectivity index (χ1v) is 11.4. The van der Waals surface area contributed by atoms with Crippen LogP contribution in [0.25, 0.3) is 11.0 Å². The third-order valence-electron chi connectivity index (χ3n) is 5.92. The van der Waals surface area contributed by atoms with Crippen LogP contribution in [0.1, 0.15) is 31.4 Å². The van der Waals surface area contributed by atoms with Crippen LogP contribution in [0.2, 0.25) is 5.02 Å². The summed E-state index contributed by atoms with van der Waals surface area (Å²) in [7, 11) is 0. The Hall–Kier alpha value is -2.34. The van der Waals surface area contributed by atoms with Gasteiger partial charge in [-0.15, -0.1) is 13.2 Å². The van der Waals surface area contributed by atoms with Crippen LogP contribution in [0, 0.1) is 5.92 Å². The Morgan fingerprint density at radius 1 is 1.15 bits per heavy atom. The molecule has 4 rings (SSSR count). The van der Waals surface area contributed by atoms with Crippen LogP contribution in [0.5, 0.6) is 0 Å². The number of ether oxygens (including phenoxy) is 2. The molecule has 186 valence electrons. The lowest BCUT2D eigenvalue weighted by Gasteiger charge is -2.35. The molecule has 2 N–H and O–H groups in total. The zero-order chi connectivity index (χ0) is 24.3. The van der Waals surface area contributed by atoms with Gasteiger partial charge in [-0.25, -0.2) is 5.01 Å². The molecule has 1 aliphatic heterocycles. The second-order valence-electron chi connectivity index (χ2n) is 8.50. The fourth-order valence-corrected chi connectivity index (χ4v) is 4.25. The fraction of sp³-hybridized carbons (Fsp3) is 0.545. The standard InChI is InChI=1S/C22H25ClF3N3O5/c23-15-1-2-19-14(7-15)8-18(33-19)11-27-21(31)13-3-5-29(6-4-13)28-20(30)12-32-16-9-17(10-16)34-22(24,25)26/h1-2,7-8,13,16-17H,3-6,9-12H2,(H,27,31)(H,28,30)/t16-,17+. The van der Waals surface area contributed by atoms with Crippen molar-refractivity contribution in [2.24, 2.45) is 5.92 Å². The van der Waals surface area contributed by atoms with E-state index in [2.05, 4.69) is 15.5 Å². The number of hydrogen-bond acceptors (Lipinski definition) is 6. The summed E-state index contributed by atoms with van der Waals surface area (Å²) in [5, 5.41) is 6.09. The number of piperidine rings is 1. The van der Waals surface area contributed by atoms with Gasteiger partial charge in [0.2, 0.25) is 5.91 Å². The normalized spacial score (nSPS) is 21.9. The predicted molar refractivity (Wildman–Crippen MR) is 115 cm³/mol. The van der Waals surface area contributed by atoms with Crippen molar-refractivity contribution in [3.05, 3.63) is 35.0 Å². The number of hydrazine groups is 1. The number of fused-ring (bicyclic) bond motifs is 1. The number of amides is 2. The van der Waals surface area contributed by atoms with Gasteiger partial charge in [-0.2, -0.15) is 0 Å². The number of halogens is 4.